The lowest BCUT2D eigenvalue weighted by molar-refractivity contribution is 0.298. The number of benzene rings is 1. The lowest BCUT2D eigenvalue weighted by Gasteiger charge is -2.10. The van der Waals surface area contributed by atoms with Crippen LogP contribution in [0.2, 0.25) is 5.02 Å². The van der Waals surface area contributed by atoms with Gasteiger partial charge in [0.2, 0.25) is 0 Å². The van der Waals surface area contributed by atoms with Crippen LogP contribution in [0.5, 0.6) is 5.75 Å². The first-order valence-electron chi connectivity index (χ1n) is 5.32. The third kappa shape index (κ3) is 2.91. The van der Waals surface area contributed by atoms with Crippen LogP contribution in [0, 0.1) is 6.92 Å². The Hall–Kier alpha value is -1.68. The highest BCUT2D eigenvalue weighted by molar-refractivity contribution is 6.30. The van der Waals surface area contributed by atoms with Crippen molar-refractivity contribution < 1.29 is 4.74 Å². The highest BCUT2D eigenvalue weighted by Crippen LogP contribution is 2.24. The Morgan fingerprint density at radius 1 is 1.47 bits per heavy atom. The van der Waals surface area contributed by atoms with Crippen LogP contribution >= 0.6 is 11.6 Å². The maximum Gasteiger partial charge on any atom is 0.142 e. The second kappa shape index (κ2) is 5.10. The van der Waals surface area contributed by atoms with Crippen LogP contribution < -0.4 is 10.5 Å². The van der Waals surface area contributed by atoms with E-state index in [4.69, 9.17) is 22.1 Å². The maximum atomic E-state index is 5.81. The Balaban J connectivity index is 1.92. The third-order valence-corrected chi connectivity index (χ3v) is 2.72. The van der Waals surface area contributed by atoms with Crippen molar-refractivity contribution >= 4 is 17.3 Å². The predicted octanol–water partition coefficient (Wildman–Crippen LogP) is 2.51. The number of hydrogen-bond donors (Lipinski definition) is 1. The summed E-state index contributed by atoms with van der Waals surface area (Å²) in [7, 11) is 0. The summed E-state index contributed by atoms with van der Waals surface area (Å²) >= 11 is 5.81. The van der Waals surface area contributed by atoms with E-state index in [0.29, 0.717) is 23.1 Å². The van der Waals surface area contributed by atoms with Crippen LogP contribution in [-0.2, 0) is 6.54 Å². The number of nitrogen functional groups attached to an aromatic ring is 1. The van der Waals surface area contributed by atoms with Gasteiger partial charge in [0.05, 0.1) is 12.2 Å². The largest absolute Gasteiger partial charge is 0.490 e. The molecule has 0 spiro atoms. The minimum atomic E-state index is 0.545. The van der Waals surface area contributed by atoms with Crippen LogP contribution in [0.3, 0.4) is 0 Å². The molecule has 0 aliphatic rings. The molecule has 0 aliphatic carbocycles. The SMILES string of the molecule is Cc1nccn1CCOc1ccc(Cl)cc1N. The van der Waals surface area contributed by atoms with Crippen LogP contribution in [0.4, 0.5) is 5.69 Å². The van der Waals surface area contributed by atoms with Crippen molar-refractivity contribution in [2.75, 3.05) is 12.3 Å². The van der Waals surface area contributed by atoms with E-state index in [1.54, 1.807) is 24.4 Å². The zero-order valence-corrected chi connectivity index (χ0v) is 10.3. The first-order valence-corrected chi connectivity index (χ1v) is 5.70. The molecular weight excluding hydrogens is 238 g/mol. The topological polar surface area (TPSA) is 53.1 Å². The molecule has 4 nitrogen and oxygen atoms in total. The highest BCUT2D eigenvalue weighted by Gasteiger charge is 2.02. The van der Waals surface area contributed by atoms with E-state index in [9.17, 15) is 0 Å². The Bertz CT molecular complexity index is 510. The molecule has 0 unspecified atom stereocenters. The van der Waals surface area contributed by atoms with Gasteiger partial charge in [-0.15, -0.1) is 0 Å². The van der Waals surface area contributed by atoms with Crippen molar-refractivity contribution in [2.45, 2.75) is 13.5 Å². The maximum absolute atomic E-state index is 5.81. The number of aromatic nitrogens is 2. The molecule has 0 aliphatic heterocycles. The number of nitrogens with two attached hydrogens (primary N) is 1. The molecule has 1 aromatic heterocycles. The molecular formula is C12H14ClN3O. The zero-order valence-electron chi connectivity index (χ0n) is 9.56. The molecule has 2 rings (SSSR count). The standard InChI is InChI=1S/C12H14ClN3O/c1-9-15-4-5-16(9)6-7-17-12-3-2-10(13)8-11(12)14/h2-5,8H,6-7,14H2,1H3. The number of hydrogen-bond acceptors (Lipinski definition) is 3. The lowest BCUT2D eigenvalue weighted by Crippen LogP contribution is -2.09. The van der Waals surface area contributed by atoms with E-state index in [-0.39, 0.29) is 0 Å². The number of imidazole rings is 1. The van der Waals surface area contributed by atoms with Crippen LogP contribution in [0.15, 0.2) is 30.6 Å². The highest BCUT2D eigenvalue weighted by atomic mass is 35.5. The monoisotopic (exact) mass is 251 g/mol. The lowest BCUT2D eigenvalue weighted by atomic mass is 10.3. The van der Waals surface area contributed by atoms with E-state index in [2.05, 4.69) is 4.98 Å². The molecule has 0 radical (unpaired) electrons. The van der Waals surface area contributed by atoms with E-state index < -0.39 is 0 Å². The second-order valence-corrected chi connectivity index (χ2v) is 4.13. The summed E-state index contributed by atoms with van der Waals surface area (Å²) in [5.41, 5.74) is 6.34. The molecule has 0 amide bonds. The molecule has 17 heavy (non-hydrogen) atoms. The van der Waals surface area contributed by atoms with Gasteiger partial charge in [-0.1, -0.05) is 11.6 Å². The number of anilines is 1. The van der Waals surface area contributed by atoms with Gasteiger partial charge >= 0.3 is 0 Å². The van der Waals surface area contributed by atoms with Crippen molar-refractivity contribution in [3.8, 4) is 5.75 Å². The van der Waals surface area contributed by atoms with Gasteiger partial charge in [-0.05, 0) is 25.1 Å². The van der Waals surface area contributed by atoms with Crippen molar-refractivity contribution in [3.63, 3.8) is 0 Å². The molecule has 2 aromatic rings. The van der Waals surface area contributed by atoms with E-state index >= 15 is 0 Å². The van der Waals surface area contributed by atoms with Crippen molar-refractivity contribution in [3.05, 3.63) is 41.4 Å². The average Bonchev–Trinajstić information content (AvgIpc) is 2.68. The van der Waals surface area contributed by atoms with Gasteiger partial charge in [0.25, 0.3) is 0 Å². The number of rotatable bonds is 4. The van der Waals surface area contributed by atoms with Gasteiger partial charge in [-0.25, -0.2) is 4.98 Å². The second-order valence-electron chi connectivity index (χ2n) is 3.70. The predicted molar refractivity (Wildman–Crippen MR) is 68.3 cm³/mol. The van der Waals surface area contributed by atoms with Gasteiger partial charge < -0.3 is 15.0 Å². The molecule has 2 N–H and O–H groups in total. The van der Waals surface area contributed by atoms with Crippen molar-refractivity contribution in [2.24, 2.45) is 0 Å². The van der Waals surface area contributed by atoms with E-state index in [0.717, 1.165) is 12.4 Å². The van der Waals surface area contributed by atoms with Crippen LogP contribution in [0.1, 0.15) is 5.82 Å². The van der Waals surface area contributed by atoms with Gasteiger partial charge in [-0.2, -0.15) is 0 Å². The number of ether oxygens (including phenoxy) is 1. The van der Waals surface area contributed by atoms with Crippen molar-refractivity contribution in [1.82, 2.24) is 9.55 Å². The summed E-state index contributed by atoms with van der Waals surface area (Å²) in [6.45, 7) is 3.24. The summed E-state index contributed by atoms with van der Waals surface area (Å²) in [6, 6.07) is 5.22. The quantitative estimate of drug-likeness (QED) is 0.850. The summed E-state index contributed by atoms with van der Waals surface area (Å²) in [5, 5.41) is 0.611. The molecule has 1 heterocycles. The van der Waals surface area contributed by atoms with Crippen molar-refractivity contribution in [1.29, 1.82) is 0 Å². The van der Waals surface area contributed by atoms with Crippen LogP contribution in [-0.4, -0.2) is 16.2 Å². The van der Waals surface area contributed by atoms with Gasteiger partial charge in [0.15, 0.2) is 0 Å². The van der Waals surface area contributed by atoms with Gasteiger partial charge in [0.1, 0.15) is 18.2 Å². The summed E-state index contributed by atoms with van der Waals surface area (Å²) < 4.78 is 7.61. The minimum Gasteiger partial charge on any atom is -0.490 e. The molecule has 0 fully saturated rings. The molecule has 5 heteroatoms. The Morgan fingerprint density at radius 3 is 2.94 bits per heavy atom. The molecule has 0 bridgehead atoms. The van der Waals surface area contributed by atoms with E-state index in [1.165, 1.54) is 0 Å². The fraction of sp³-hybridized carbons (Fsp3) is 0.250. The van der Waals surface area contributed by atoms with Gasteiger partial charge in [0, 0.05) is 17.4 Å². The molecule has 0 atom stereocenters. The third-order valence-electron chi connectivity index (χ3n) is 2.49. The summed E-state index contributed by atoms with van der Waals surface area (Å²) in [5.74, 6) is 1.63. The van der Waals surface area contributed by atoms with Crippen LogP contribution in [0.25, 0.3) is 0 Å². The zero-order chi connectivity index (χ0) is 12.3. The Labute approximate surface area is 105 Å². The minimum absolute atomic E-state index is 0.545. The number of halogens is 1. The first kappa shape index (κ1) is 11.8. The molecule has 0 saturated carbocycles. The average molecular weight is 252 g/mol. The fourth-order valence-electron chi connectivity index (χ4n) is 1.54. The smallest absolute Gasteiger partial charge is 0.142 e. The first-order chi connectivity index (χ1) is 8.16. The molecule has 90 valence electrons. The summed E-state index contributed by atoms with van der Waals surface area (Å²) in [6.07, 6.45) is 3.69. The number of aryl methyl sites for hydroxylation is 1. The van der Waals surface area contributed by atoms with E-state index in [1.807, 2.05) is 17.7 Å². The number of nitrogens with zero attached hydrogens (tertiary/aromatic N) is 2. The fourth-order valence-corrected chi connectivity index (χ4v) is 1.73. The normalized spacial score (nSPS) is 10.5. The Kier molecular flexibility index (Phi) is 3.54. The summed E-state index contributed by atoms with van der Waals surface area (Å²) in [4.78, 5) is 4.14. The Morgan fingerprint density at radius 2 is 2.29 bits per heavy atom. The molecule has 1 aromatic carbocycles. The van der Waals surface area contributed by atoms with Gasteiger partial charge in [-0.3, -0.25) is 0 Å². The molecule has 0 saturated heterocycles.